The zero-order valence-electron chi connectivity index (χ0n) is 19.4. The van der Waals surface area contributed by atoms with E-state index < -0.39 is 0 Å². The van der Waals surface area contributed by atoms with Crippen molar-refractivity contribution in [2.45, 2.75) is 0 Å². The topological polar surface area (TPSA) is 95.9 Å². The minimum absolute atomic E-state index is 0.600. The van der Waals surface area contributed by atoms with Crippen LogP contribution < -0.4 is 4.74 Å². The van der Waals surface area contributed by atoms with Crippen molar-refractivity contribution >= 4 is 21.9 Å². The maximum Gasteiger partial charge on any atom is 0.181 e. The molecule has 174 valence electrons. The fraction of sp³-hybridized carbons (Fsp3) is 0.148. The molecule has 1 aromatic carbocycles. The molecular weight excluding hydrogens is 440 g/mol. The third-order valence-corrected chi connectivity index (χ3v) is 6.03. The average molecular weight is 465 g/mol. The van der Waals surface area contributed by atoms with Gasteiger partial charge in [-0.15, -0.1) is 0 Å². The number of rotatable bonds is 7. The van der Waals surface area contributed by atoms with Gasteiger partial charge in [0.25, 0.3) is 0 Å². The van der Waals surface area contributed by atoms with Gasteiger partial charge in [-0.05, 0) is 50.0 Å². The number of pyridine rings is 2. The van der Waals surface area contributed by atoms with Crippen molar-refractivity contribution in [3.8, 4) is 39.4 Å². The first-order valence-corrected chi connectivity index (χ1v) is 11.4. The Kier molecular flexibility index (Phi) is 5.27. The second-order valence-electron chi connectivity index (χ2n) is 8.72. The number of aromatic amines is 2. The summed E-state index contributed by atoms with van der Waals surface area (Å²) in [7, 11) is 4.04. The molecule has 0 amide bonds. The molecule has 0 saturated heterocycles. The van der Waals surface area contributed by atoms with Gasteiger partial charge < -0.3 is 19.0 Å². The number of benzene rings is 1. The minimum Gasteiger partial charge on any atom is -0.491 e. The number of ether oxygens (including phenoxy) is 1. The largest absolute Gasteiger partial charge is 0.491 e. The Balaban J connectivity index is 1.38. The lowest BCUT2D eigenvalue weighted by Gasteiger charge is -2.11. The van der Waals surface area contributed by atoms with Crippen molar-refractivity contribution in [2.75, 3.05) is 27.2 Å². The van der Waals surface area contributed by atoms with Crippen molar-refractivity contribution in [1.82, 2.24) is 30.0 Å². The normalized spacial score (nSPS) is 11.6. The second-order valence-corrected chi connectivity index (χ2v) is 8.72. The molecule has 2 N–H and O–H groups in total. The van der Waals surface area contributed by atoms with Gasteiger partial charge in [0.15, 0.2) is 5.65 Å². The highest BCUT2D eigenvalue weighted by atomic mass is 16.5. The first-order valence-electron chi connectivity index (χ1n) is 11.4. The fourth-order valence-corrected chi connectivity index (χ4v) is 4.22. The van der Waals surface area contributed by atoms with E-state index in [4.69, 9.17) is 9.15 Å². The summed E-state index contributed by atoms with van der Waals surface area (Å²) in [4.78, 5) is 14.6. The van der Waals surface area contributed by atoms with E-state index in [1.54, 1.807) is 18.7 Å². The molecule has 35 heavy (non-hydrogen) atoms. The third-order valence-electron chi connectivity index (χ3n) is 6.03. The number of fused-ring (bicyclic) bond motifs is 2. The molecule has 8 nitrogen and oxygen atoms in total. The molecule has 0 unspecified atom stereocenters. The summed E-state index contributed by atoms with van der Waals surface area (Å²) in [6.45, 7) is 1.44. The first kappa shape index (κ1) is 21.1. The van der Waals surface area contributed by atoms with E-state index in [2.05, 4.69) is 54.3 Å². The van der Waals surface area contributed by atoms with Crippen molar-refractivity contribution in [3.63, 3.8) is 0 Å². The lowest BCUT2D eigenvalue weighted by Crippen LogP contribution is -2.19. The SMILES string of the molecule is CN(C)CCOc1cncc(-c2cnc3n[nH]c(-c4cc5c(-c6ccoc6)cccc5[nH]4)c3c2)c1. The number of hydrogen-bond donors (Lipinski definition) is 2. The van der Waals surface area contributed by atoms with Crippen molar-refractivity contribution in [1.29, 1.82) is 0 Å². The fourth-order valence-electron chi connectivity index (χ4n) is 4.22. The van der Waals surface area contributed by atoms with Gasteiger partial charge in [-0.2, -0.15) is 5.10 Å². The highest BCUT2D eigenvalue weighted by Crippen LogP contribution is 2.35. The Morgan fingerprint density at radius 3 is 2.74 bits per heavy atom. The van der Waals surface area contributed by atoms with Crippen LogP contribution in [0.3, 0.4) is 0 Å². The number of likely N-dealkylation sites (N-methyl/N-ethyl adjacent to an activating group) is 1. The van der Waals surface area contributed by atoms with Gasteiger partial charge in [0.2, 0.25) is 0 Å². The van der Waals surface area contributed by atoms with Crippen molar-refractivity contribution in [2.24, 2.45) is 0 Å². The molecule has 0 bridgehead atoms. The van der Waals surface area contributed by atoms with Crippen molar-refractivity contribution < 1.29 is 9.15 Å². The highest BCUT2D eigenvalue weighted by molar-refractivity contribution is 6.01. The van der Waals surface area contributed by atoms with Crippen LogP contribution in [-0.2, 0) is 0 Å². The van der Waals surface area contributed by atoms with E-state index in [-0.39, 0.29) is 0 Å². The van der Waals surface area contributed by atoms with E-state index in [0.29, 0.717) is 12.3 Å². The molecule has 6 aromatic rings. The first-order chi connectivity index (χ1) is 17.2. The molecular formula is C27H24N6O2. The van der Waals surface area contributed by atoms with E-state index in [1.165, 1.54) is 0 Å². The maximum atomic E-state index is 5.87. The third kappa shape index (κ3) is 4.04. The lowest BCUT2D eigenvalue weighted by atomic mass is 10.0. The minimum atomic E-state index is 0.600. The monoisotopic (exact) mass is 464 g/mol. The molecule has 0 aliphatic heterocycles. The predicted octanol–water partition coefficient (Wildman–Crippen LogP) is 5.37. The number of furan rings is 1. The Hall–Kier alpha value is -4.43. The predicted molar refractivity (Wildman–Crippen MR) is 136 cm³/mol. The molecule has 8 heteroatoms. The zero-order chi connectivity index (χ0) is 23.8. The van der Waals surface area contributed by atoms with Crippen LogP contribution in [0.2, 0.25) is 0 Å². The maximum absolute atomic E-state index is 5.87. The van der Waals surface area contributed by atoms with Crippen molar-refractivity contribution in [3.05, 3.63) is 73.6 Å². The summed E-state index contributed by atoms with van der Waals surface area (Å²) in [6, 6.07) is 14.4. The quantitative estimate of drug-likeness (QED) is 0.330. The summed E-state index contributed by atoms with van der Waals surface area (Å²) < 4.78 is 11.2. The number of nitrogens with zero attached hydrogens (tertiary/aromatic N) is 4. The van der Waals surface area contributed by atoms with Crippen LogP contribution in [0.25, 0.3) is 55.6 Å². The highest BCUT2D eigenvalue weighted by Gasteiger charge is 2.15. The van der Waals surface area contributed by atoms with E-state index in [1.807, 2.05) is 44.7 Å². The van der Waals surface area contributed by atoms with Gasteiger partial charge in [0.05, 0.1) is 30.1 Å². The number of nitrogens with one attached hydrogen (secondary N) is 2. The van der Waals surface area contributed by atoms with Gasteiger partial charge >= 0.3 is 0 Å². The Morgan fingerprint density at radius 2 is 1.89 bits per heavy atom. The Morgan fingerprint density at radius 1 is 0.971 bits per heavy atom. The number of aromatic nitrogens is 5. The molecule has 5 heterocycles. The molecule has 0 saturated carbocycles. The molecule has 0 radical (unpaired) electrons. The van der Waals surface area contributed by atoms with Gasteiger partial charge in [-0.25, -0.2) is 4.98 Å². The smallest absolute Gasteiger partial charge is 0.181 e. The molecule has 6 rings (SSSR count). The van der Waals surface area contributed by atoms with Crippen LogP contribution in [0.5, 0.6) is 5.75 Å². The number of H-pyrrole nitrogens is 2. The molecule has 5 aromatic heterocycles. The molecule has 0 fully saturated rings. The summed E-state index contributed by atoms with van der Waals surface area (Å²) in [5.41, 5.74) is 7.56. The summed E-state index contributed by atoms with van der Waals surface area (Å²) >= 11 is 0. The second kappa shape index (κ2) is 8.73. The van der Waals surface area contributed by atoms with Gasteiger partial charge in [-0.1, -0.05) is 12.1 Å². The van der Waals surface area contributed by atoms with Gasteiger partial charge in [0.1, 0.15) is 12.4 Å². The van der Waals surface area contributed by atoms with Crippen LogP contribution in [0.1, 0.15) is 0 Å². The van der Waals surface area contributed by atoms with E-state index in [0.717, 1.165) is 62.2 Å². The summed E-state index contributed by atoms with van der Waals surface area (Å²) in [5.74, 6) is 0.735. The van der Waals surface area contributed by atoms with Gasteiger partial charge in [-0.3, -0.25) is 10.1 Å². The lowest BCUT2D eigenvalue weighted by molar-refractivity contribution is 0.261. The molecule has 0 aliphatic rings. The van der Waals surface area contributed by atoms with E-state index in [9.17, 15) is 0 Å². The van der Waals surface area contributed by atoms with Crippen LogP contribution in [0.15, 0.2) is 78.0 Å². The molecule has 0 atom stereocenters. The zero-order valence-corrected chi connectivity index (χ0v) is 19.4. The Bertz CT molecular complexity index is 1610. The molecule has 0 spiro atoms. The summed E-state index contributed by atoms with van der Waals surface area (Å²) in [5, 5.41) is 9.64. The average Bonchev–Trinajstić information content (AvgIpc) is 3.62. The standard InChI is InChI=1S/C27H24N6O2/c1-33(2)7-9-35-20-10-18(13-28-15-20)19-11-23-26(31-32-27(23)29-14-19)25-12-22-21(17-6-8-34-16-17)4-3-5-24(22)30-25/h3-6,8,10-16,30H,7,9H2,1-2H3,(H,29,31,32). The van der Waals surface area contributed by atoms with Crippen LogP contribution >= 0.6 is 0 Å². The van der Waals surface area contributed by atoms with E-state index >= 15 is 0 Å². The molecule has 0 aliphatic carbocycles. The number of hydrogen-bond acceptors (Lipinski definition) is 6. The van der Waals surface area contributed by atoms with Crippen LogP contribution in [0, 0.1) is 0 Å². The van der Waals surface area contributed by atoms with Crippen LogP contribution in [0.4, 0.5) is 0 Å². The Labute approximate surface area is 201 Å². The van der Waals surface area contributed by atoms with Crippen LogP contribution in [-0.4, -0.2) is 57.3 Å². The van der Waals surface area contributed by atoms with Gasteiger partial charge in [0, 0.05) is 51.9 Å². The summed E-state index contributed by atoms with van der Waals surface area (Å²) in [6.07, 6.45) is 8.82.